The summed E-state index contributed by atoms with van der Waals surface area (Å²) < 4.78 is 0. The van der Waals surface area contributed by atoms with Crippen LogP contribution in [0.3, 0.4) is 0 Å². The van der Waals surface area contributed by atoms with Gasteiger partial charge in [0, 0.05) is 11.1 Å². The molecule has 13 heavy (non-hydrogen) atoms. The van der Waals surface area contributed by atoms with E-state index in [4.69, 9.17) is 22.4 Å². The first-order valence-corrected chi connectivity index (χ1v) is 4.35. The summed E-state index contributed by atoms with van der Waals surface area (Å²) in [4.78, 5) is 0. The quantitative estimate of drug-likeness (QED) is 0.681. The van der Waals surface area contributed by atoms with Crippen LogP contribution < -0.4 is 5.73 Å². The zero-order valence-electron chi connectivity index (χ0n) is 7.07. The lowest BCUT2D eigenvalue weighted by Gasteiger charge is -2.09. The Kier molecular flexibility index (Phi) is 3.54. The highest BCUT2D eigenvalue weighted by Crippen LogP contribution is 2.22. The molecule has 0 radical (unpaired) electrons. The molecule has 0 heterocycles. The van der Waals surface area contributed by atoms with Crippen LogP contribution in [-0.4, -0.2) is 22.9 Å². The number of aromatic hydroxyl groups is 1. The van der Waals surface area contributed by atoms with Crippen LogP contribution in [0.4, 0.5) is 0 Å². The van der Waals surface area contributed by atoms with Crippen molar-refractivity contribution >= 4 is 11.6 Å². The number of rotatable bonds is 3. The van der Waals surface area contributed by atoms with Crippen LogP contribution in [0, 0.1) is 0 Å². The maximum absolute atomic E-state index is 9.38. The van der Waals surface area contributed by atoms with E-state index >= 15 is 0 Å². The van der Waals surface area contributed by atoms with Gasteiger partial charge in [0.05, 0.1) is 6.61 Å². The third-order valence-electron chi connectivity index (χ3n) is 1.76. The zero-order valence-corrected chi connectivity index (χ0v) is 7.83. The first kappa shape index (κ1) is 10.3. The maximum atomic E-state index is 9.38. The normalized spacial score (nSPS) is 12.8. The molecule has 0 aliphatic carbocycles. The van der Waals surface area contributed by atoms with E-state index in [2.05, 4.69) is 0 Å². The first-order chi connectivity index (χ1) is 6.13. The van der Waals surface area contributed by atoms with Crippen molar-refractivity contribution in [2.45, 2.75) is 12.5 Å². The molecular formula is C9H12ClNO2. The Morgan fingerprint density at radius 1 is 1.46 bits per heavy atom. The summed E-state index contributed by atoms with van der Waals surface area (Å²) in [5.74, 6) is 0.160. The predicted octanol–water partition coefficient (Wildman–Crippen LogP) is 0.908. The molecule has 1 aromatic carbocycles. The molecule has 0 saturated heterocycles. The Labute approximate surface area is 81.8 Å². The van der Waals surface area contributed by atoms with Crippen molar-refractivity contribution in [2.24, 2.45) is 5.73 Å². The molecule has 0 aliphatic rings. The van der Waals surface area contributed by atoms with Crippen molar-refractivity contribution in [3.8, 4) is 5.75 Å². The van der Waals surface area contributed by atoms with Crippen LogP contribution in [0.25, 0.3) is 0 Å². The summed E-state index contributed by atoms with van der Waals surface area (Å²) in [7, 11) is 0. The summed E-state index contributed by atoms with van der Waals surface area (Å²) in [5.41, 5.74) is 6.18. The second-order valence-electron chi connectivity index (χ2n) is 2.92. The molecule has 1 rings (SSSR count). The van der Waals surface area contributed by atoms with Crippen molar-refractivity contribution in [2.75, 3.05) is 6.61 Å². The van der Waals surface area contributed by atoms with Crippen LogP contribution in [0.5, 0.6) is 5.75 Å². The molecule has 3 nitrogen and oxygen atoms in total. The highest BCUT2D eigenvalue weighted by atomic mass is 35.5. The van der Waals surface area contributed by atoms with Gasteiger partial charge in [0.2, 0.25) is 0 Å². The number of phenols is 1. The summed E-state index contributed by atoms with van der Waals surface area (Å²) in [6, 6.07) is 4.41. The van der Waals surface area contributed by atoms with Gasteiger partial charge in [0.25, 0.3) is 0 Å². The minimum atomic E-state index is -0.357. The highest BCUT2D eigenvalue weighted by molar-refractivity contribution is 6.30. The molecule has 1 atom stereocenters. The molecule has 0 amide bonds. The molecule has 4 heteroatoms. The van der Waals surface area contributed by atoms with Gasteiger partial charge in [-0.05, 0) is 30.2 Å². The Balaban J connectivity index is 2.81. The van der Waals surface area contributed by atoms with Gasteiger partial charge in [-0.2, -0.15) is 0 Å². The van der Waals surface area contributed by atoms with E-state index in [1.165, 1.54) is 6.07 Å². The van der Waals surface area contributed by atoms with Crippen molar-refractivity contribution < 1.29 is 10.2 Å². The van der Waals surface area contributed by atoms with Crippen molar-refractivity contribution in [3.05, 3.63) is 28.8 Å². The van der Waals surface area contributed by atoms with E-state index in [0.29, 0.717) is 17.0 Å². The van der Waals surface area contributed by atoms with Gasteiger partial charge in [-0.1, -0.05) is 11.6 Å². The van der Waals surface area contributed by atoms with Gasteiger partial charge < -0.3 is 15.9 Å². The number of hydrogen-bond donors (Lipinski definition) is 3. The maximum Gasteiger partial charge on any atom is 0.118 e. The topological polar surface area (TPSA) is 66.5 Å². The molecule has 0 spiro atoms. The standard InChI is InChI=1S/C9H12ClNO2/c10-7-1-2-9(13)6(3-7)4-8(11)5-12/h1-3,8,12-13H,4-5,11H2. The van der Waals surface area contributed by atoms with E-state index < -0.39 is 0 Å². The molecule has 4 N–H and O–H groups in total. The summed E-state index contributed by atoms with van der Waals surface area (Å²) in [5, 5.41) is 18.7. The van der Waals surface area contributed by atoms with Gasteiger partial charge in [0.15, 0.2) is 0 Å². The van der Waals surface area contributed by atoms with Gasteiger partial charge in [0.1, 0.15) is 5.75 Å². The third kappa shape index (κ3) is 2.88. The van der Waals surface area contributed by atoms with Crippen LogP contribution in [0.2, 0.25) is 5.02 Å². The molecule has 1 unspecified atom stereocenters. The summed E-state index contributed by atoms with van der Waals surface area (Å²) >= 11 is 5.73. The summed E-state index contributed by atoms with van der Waals surface area (Å²) in [6.07, 6.45) is 0.420. The Hall–Kier alpha value is -0.770. The fourth-order valence-electron chi connectivity index (χ4n) is 1.06. The van der Waals surface area contributed by atoms with Crippen LogP contribution in [-0.2, 0) is 6.42 Å². The highest BCUT2D eigenvalue weighted by Gasteiger charge is 2.06. The van der Waals surface area contributed by atoms with Crippen molar-refractivity contribution in [1.29, 1.82) is 0 Å². The SMILES string of the molecule is NC(CO)Cc1cc(Cl)ccc1O. The Bertz CT molecular complexity index is 291. The van der Waals surface area contributed by atoms with E-state index in [0.717, 1.165) is 0 Å². The van der Waals surface area contributed by atoms with Crippen LogP contribution in [0.15, 0.2) is 18.2 Å². The molecule has 72 valence electrons. The van der Waals surface area contributed by atoms with Gasteiger partial charge in [-0.15, -0.1) is 0 Å². The number of phenolic OH excluding ortho intramolecular Hbond substituents is 1. The van der Waals surface area contributed by atoms with Gasteiger partial charge in [-0.25, -0.2) is 0 Å². The van der Waals surface area contributed by atoms with Gasteiger partial charge in [-0.3, -0.25) is 0 Å². The number of aliphatic hydroxyl groups excluding tert-OH is 1. The number of benzene rings is 1. The molecule has 1 aromatic rings. The van der Waals surface area contributed by atoms with Crippen molar-refractivity contribution in [3.63, 3.8) is 0 Å². The lowest BCUT2D eigenvalue weighted by atomic mass is 10.1. The number of nitrogens with two attached hydrogens (primary N) is 1. The minimum Gasteiger partial charge on any atom is -0.508 e. The average Bonchev–Trinajstić information content (AvgIpc) is 2.11. The van der Waals surface area contributed by atoms with E-state index in [9.17, 15) is 5.11 Å². The van der Waals surface area contributed by atoms with Crippen LogP contribution >= 0.6 is 11.6 Å². The fraction of sp³-hybridized carbons (Fsp3) is 0.333. The van der Waals surface area contributed by atoms with E-state index in [1.807, 2.05) is 0 Å². The largest absolute Gasteiger partial charge is 0.508 e. The Morgan fingerprint density at radius 2 is 2.15 bits per heavy atom. The molecule has 0 aliphatic heterocycles. The van der Waals surface area contributed by atoms with Crippen LogP contribution in [0.1, 0.15) is 5.56 Å². The first-order valence-electron chi connectivity index (χ1n) is 3.97. The lowest BCUT2D eigenvalue weighted by Crippen LogP contribution is -2.26. The number of hydrogen-bond acceptors (Lipinski definition) is 3. The molecule has 0 saturated carbocycles. The monoisotopic (exact) mass is 201 g/mol. The van der Waals surface area contributed by atoms with Gasteiger partial charge >= 0.3 is 0 Å². The molecule has 0 aromatic heterocycles. The second kappa shape index (κ2) is 4.46. The fourth-order valence-corrected chi connectivity index (χ4v) is 1.26. The molecule has 0 bridgehead atoms. The molecular weight excluding hydrogens is 190 g/mol. The summed E-state index contributed by atoms with van der Waals surface area (Å²) in [6.45, 7) is -0.105. The molecule has 0 fully saturated rings. The third-order valence-corrected chi connectivity index (χ3v) is 1.99. The van der Waals surface area contributed by atoms with E-state index in [1.54, 1.807) is 12.1 Å². The zero-order chi connectivity index (χ0) is 9.84. The smallest absolute Gasteiger partial charge is 0.118 e. The lowest BCUT2D eigenvalue weighted by molar-refractivity contribution is 0.264. The average molecular weight is 202 g/mol. The Morgan fingerprint density at radius 3 is 2.77 bits per heavy atom. The minimum absolute atomic E-state index is 0.105. The number of aliphatic hydroxyl groups is 1. The predicted molar refractivity (Wildman–Crippen MR) is 51.9 cm³/mol. The second-order valence-corrected chi connectivity index (χ2v) is 3.36. The van der Waals surface area contributed by atoms with Crippen molar-refractivity contribution in [1.82, 2.24) is 0 Å². The van der Waals surface area contributed by atoms with E-state index in [-0.39, 0.29) is 18.4 Å². The number of halogens is 1.